The summed E-state index contributed by atoms with van der Waals surface area (Å²) in [5, 5.41) is 10.9. The van der Waals surface area contributed by atoms with E-state index in [0.717, 1.165) is 31.2 Å². The van der Waals surface area contributed by atoms with Crippen molar-refractivity contribution in [3.63, 3.8) is 0 Å². The van der Waals surface area contributed by atoms with Gasteiger partial charge in [0.1, 0.15) is 0 Å². The molecular formula is C17H26N2O3. The third-order valence-corrected chi connectivity index (χ3v) is 4.13. The molecule has 0 aliphatic carbocycles. The van der Waals surface area contributed by atoms with E-state index >= 15 is 0 Å². The molecular weight excluding hydrogens is 280 g/mol. The Hall–Kier alpha value is -1.62. The van der Waals surface area contributed by atoms with Crippen molar-refractivity contribution in [3.8, 4) is 5.75 Å². The second kappa shape index (κ2) is 8.13. The third kappa shape index (κ3) is 4.98. The first-order valence-electron chi connectivity index (χ1n) is 8.15. The molecule has 122 valence electrons. The van der Waals surface area contributed by atoms with E-state index in [4.69, 9.17) is 4.74 Å². The van der Waals surface area contributed by atoms with Crippen LogP contribution in [0, 0.1) is 22.0 Å². The normalized spacial score (nSPS) is 22.5. The summed E-state index contributed by atoms with van der Waals surface area (Å²) >= 11 is 0. The molecule has 1 saturated heterocycles. The molecule has 1 heterocycles. The van der Waals surface area contributed by atoms with Crippen molar-refractivity contribution in [3.05, 3.63) is 34.4 Å². The molecule has 0 radical (unpaired) electrons. The molecule has 1 fully saturated rings. The molecule has 0 aromatic heterocycles. The van der Waals surface area contributed by atoms with Gasteiger partial charge in [0.25, 0.3) is 0 Å². The van der Waals surface area contributed by atoms with Gasteiger partial charge in [-0.2, -0.15) is 0 Å². The monoisotopic (exact) mass is 306 g/mol. The highest BCUT2D eigenvalue weighted by Crippen LogP contribution is 2.26. The Morgan fingerprint density at radius 1 is 1.23 bits per heavy atom. The molecule has 2 atom stereocenters. The Morgan fingerprint density at radius 3 is 2.59 bits per heavy atom. The Balaban J connectivity index is 1.68. The maximum atomic E-state index is 10.9. The Bertz CT molecular complexity index is 483. The highest BCUT2D eigenvalue weighted by Gasteiger charge is 2.21. The maximum Gasteiger partial charge on any atom is 0.310 e. The minimum absolute atomic E-state index is 0.0428. The van der Waals surface area contributed by atoms with Gasteiger partial charge in [0.15, 0.2) is 5.75 Å². The van der Waals surface area contributed by atoms with Gasteiger partial charge < -0.3 is 9.64 Å². The first-order chi connectivity index (χ1) is 10.6. The van der Waals surface area contributed by atoms with Gasteiger partial charge in [-0.3, -0.25) is 10.1 Å². The number of rotatable bonds is 7. The molecule has 1 aromatic rings. The number of hydrogen-bond acceptors (Lipinski definition) is 4. The van der Waals surface area contributed by atoms with Crippen molar-refractivity contribution >= 4 is 5.69 Å². The minimum atomic E-state index is -0.397. The zero-order chi connectivity index (χ0) is 15.9. The number of unbranched alkanes of at least 4 members (excludes halogenated alkanes) is 1. The van der Waals surface area contributed by atoms with Crippen molar-refractivity contribution in [2.24, 2.45) is 11.8 Å². The lowest BCUT2D eigenvalue weighted by atomic mass is 9.92. The summed E-state index contributed by atoms with van der Waals surface area (Å²) in [6.45, 7) is 8.64. The van der Waals surface area contributed by atoms with Crippen LogP contribution in [-0.4, -0.2) is 36.1 Å². The van der Waals surface area contributed by atoms with Crippen LogP contribution in [0.5, 0.6) is 5.75 Å². The number of para-hydroxylation sites is 2. The second-order valence-electron chi connectivity index (χ2n) is 6.49. The van der Waals surface area contributed by atoms with E-state index in [0.29, 0.717) is 12.4 Å². The first-order valence-corrected chi connectivity index (χ1v) is 8.15. The topological polar surface area (TPSA) is 55.6 Å². The number of nitrogens with zero attached hydrogens (tertiary/aromatic N) is 2. The minimum Gasteiger partial charge on any atom is -0.487 e. The van der Waals surface area contributed by atoms with Gasteiger partial charge in [-0.15, -0.1) is 0 Å². The molecule has 0 unspecified atom stereocenters. The molecule has 5 heteroatoms. The molecule has 0 spiro atoms. The standard InChI is InChI=1S/C17H26N2O3/c1-14-11-15(2)13-18(12-14)9-5-6-10-22-17-8-4-3-7-16(17)19(20)21/h3-4,7-8,14-15H,5-6,9-13H2,1-2H3/t14-,15+. The zero-order valence-electron chi connectivity index (χ0n) is 13.5. The molecule has 0 amide bonds. The third-order valence-electron chi connectivity index (χ3n) is 4.13. The van der Waals surface area contributed by atoms with Crippen LogP contribution in [0.1, 0.15) is 33.1 Å². The van der Waals surface area contributed by atoms with Crippen LogP contribution in [0.3, 0.4) is 0 Å². The molecule has 1 aliphatic heterocycles. The fourth-order valence-electron chi connectivity index (χ4n) is 3.32. The van der Waals surface area contributed by atoms with Crippen molar-refractivity contribution < 1.29 is 9.66 Å². The number of benzene rings is 1. The van der Waals surface area contributed by atoms with Gasteiger partial charge in [0.2, 0.25) is 0 Å². The lowest BCUT2D eigenvalue weighted by Gasteiger charge is -2.34. The van der Waals surface area contributed by atoms with Crippen LogP contribution in [0.2, 0.25) is 0 Å². The summed E-state index contributed by atoms with van der Waals surface area (Å²) in [7, 11) is 0. The summed E-state index contributed by atoms with van der Waals surface area (Å²) in [6.07, 6.45) is 3.32. The van der Waals surface area contributed by atoms with Gasteiger partial charge in [0.05, 0.1) is 11.5 Å². The van der Waals surface area contributed by atoms with Crippen LogP contribution in [0.25, 0.3) is 0 Å². The van der Waals surface area contributed by atoms with Crippen LogP contribution >= 0.6 is 0 Å². The SMILES string of the molecule is C[C@@H]1C[C@H](C)CN(CCCCOc2ccccc2[N+](=O)[O-])C1. The highest BCUT2D eigenvalue weighted by molar-refractivity contribution is 5.45. The quantitative estimate of drug-likeness (QED) is 0.437. The molecule has 2 rings (SSSR count). The average molecular weight is 306 g/mol. The number of nitro benzene ring substituents is 1. The van der Waals surface area contributed by atoms with E-state index in [1.54, 1.807) is 18.2 Å². The fourth-order valence-corrected chi connectivity index (χ4v) is 3.32. The van der Waals surface area contributed by atoms with Gasteiger partial charge >= 0.3 is 5.69 Å². The summed E-state index contributed by atoms with van der Waals surface area (Å²) in [4.78, 5) is 13.0. The fraction of sp³-hybridized carbons (Fsp3) is 0.647. The van der Waals surface area contributed by atoms with Gasteiger partial charge in [0, 0.05) is 19.2 Å². The number of likely N-dealkylation sites (tertiary alicyclic amines) is 1. The van der Waals surface area contributed by atoms with E-state index < -0.39 is 4.92 Å². The van der Waals surface area contributed by atoms with E-state index in [9.17, 15) is 10.1 Å². The largest absolute Gasteiger partial charge is 0.487 e. The smallest absolute Gasteiger partial charge is 0.310 e. The average Bonchev–Trinajstić information content (AvgIpc) is 2.46. The van der Waals surface area contributed by atoms with E-state index in [-0.39, 0.29) is 5.69 Å². The Labute approximate surface area is 132 Å². The lowest BCUT2D eigenvalue weighted by molar-refractivity contribution is -0.385. The van der Waals surface area contributed by atoms with Crippen LogP contribution in [0.4, 0.5) is 5.69 Å². The van der Waals surface area contributed by atoms with E-state index in [1.807, 2.05) is 0 Å². The van der Waals surface area contributed by atoms with Crippen molar-refractivity contribution in [2.45, 2.75) is 33.1 Å². The lowest BCUT2D eigenvalue weighted by Crippen LogP contribution is -2.39. The number of piperidine rings is 1. The van der Waals surface area contributed by atoms with E-state index in [2.05, 4.69) is 18.7 Å². The predicted octanol–water partition coefficient (Wildman–Crippen LogP) is 3.73. The highest BCUT2D eigenvalue weighted by atomic mass is 16.6. The molecule has 0 saturated carbocycles. The summed E-state index contributed by atoms with van der Waals surface area (Å²) in [5.74, 6) is 1.94. The molecule has 0 N–H and O–H groups in total. The molecule has 22 heavy (non-hydrogen) atoms. The van der Waals surface area contributed by atoms with Crippen molar-refractivity contribution in [1.82, 2.24) is 4.90 Å². The summed E-state index contributed by atoms with van der Waals surface area (Å²) < 4.78 is 5.57. The van der Waals surface area contributed by atoms with Crippen LogP contribution in [0.15, 0.2) is 24.3 Å². The number of hydrogen-bond donors (Lipinski definition) is 0. The van der Waals surface area contributed by atoms with Crippen molar-refractivity contribution in [2.75, 3.05) is 26.2 Å². The predicted molar refractivity (Wildman–Crippen MR) is 87.2 cm³/mol. The van der Waals surface area contributed by atoms with Gasteiger partial charge in [-0.25, -0.2) is 0 Å². The van der Waals surface area contributed by atoms with Gasteiger partial charge in [-0.05, 0) is 43.7 Å². The van der Waals surface area contributed by atoms with Crippen LogP contribution in [-0.2, 0) is 0 Å². The van der Waals surface area contributed by atoms with Gasteiger partial charge in [-0.1, -0.05) is 26.0 Å². The zero-order valence-corrected chi connectivity index (χ0v) is 13.5. The maximum absolute atomic E-state index is 10.9. The molecule has 0 bridgehead atoms. The van der Waals surface area contributed by atoms with Crippen LogP contribution < -0.4 is 4.74 Å². The first kappa shape index (κ1) is 16.7. The Morgan fingerprint density at radius 2 is 1.91 bits per heavy atom. The molecule has 1 aliphatic rings. The van der Waals surface area contributed by atoms with Crippen molar-refractivity contribution in [1.29, 1.82) is 0 Å². The summed E-state index contributed by atoms with van der Waals surface area (Å²) in [6, 6.07) is 6.56. The molecule has 1 aromatic carbocycles. The second-order valence-corrected chi connectivity index (χ2v) is 6.49. The molecule has 5 nitrogen and oxygen atoms in total. The van der Waals surface area contributed by atoms with E-state index in [1.165, 1.54) is 25.6 Å². The number of nitro groups is 1. The Kier molecular flexibility index (Phi) is 6.19. The number of ether oxygens (including phenoxy) is 1. The summed E-state index contributed by atoms with van der Waals surface area (Å²) in [5.41, 5.74) is 0.0428.